The first kappa shape index (κ1) is 15.2. The molecule has 0 aliphatic heterocycles. The molecule has 0 saturated heterocycles. The Labute approximate surface area is 129 Å². The Morgan fingerprint density at radius 2 is 1.91 bits per heavy atom. The summed E-state index contributed by atoms with van der Waals surface area (Å²) in [6, 6.07) is 11.3. The van der Waals surface area contributed by atoms with Gasteiger partial charge in [-0.1, -0.05) is 18.2 Å². The molecule has 0 atom stereocenters. The molecular formula is C18H15N3O. The summed E-state index contributed by atoms with van der Waals surface area (Å²) in [4.78, 5) is 15.1. The fourth-order valence-electron chi connectivity index (χ4n) is 1.94. The van der Waals surface area contributed by atoms with Crippen LogP contribution in [0, 0.1) is 11.3 Å². The van der Waals surface area contributed by atoms with Crippen molar-refractivity contribution in [2.75, 3.05) is 5.32 Å². The van der Waals surface area contributed by atoms with Crippen molar-refractivity contribution in [3.63, 3.8) is 0 Å². The van der Waals surface area contributed by atoms with E-state index in [4.69, 9.17) is 5.26 Å². The van der Waals surface area contributed by atoms with Crippen LogP contribution in [0.3, 0.4) is 0 Å². The zero-order valence-electron chi connectivity index (χ0n) is 12.2. The molecule has 1 N–H and O–H groups in total. The van der Waals surface area contributed by atoms with Crippen LogP contribution in [0.1, 0.15) is 23.6 Å². The van der Waals surface area contributed by atoms with Crippen molar-refractivity contribution in [3.8, 4) is 6.07 Å². The number of carbonyl (C=O) groups excluding carboxylic acids is 1. The number of carbonyl (C=O) groups is 1. The van der Waals surface area contributed by atoms with Crippen LogP contribution in [-0.2, 0) is 4.79 Å². The highest BCUT2D eigenvalue weighted by atomic mass is 16.1. The minimum Gasteiger partial charge on any atom is -0.326 e. The van der Waals surface area contributed by atoms with E-state index in [0.29, 0.717) is 0 Å². The quantitative estimate of drug-likeness (QED) is 0.872. The average Bonchev–Trinajstić information content (AvgIpc) is 2.52. The topological polar surface area (TPSA) is 65.8 Å². The smallest absolute Gasteiger partial charge is 0.221 e. The van der Waals surface area contributed by atoms with E-state index in [1.165, 1.54) is 13.0 Å². The molecule has 0 spiro atoms. The molecule has 1 aromatic heterocycles. The zero-order valence-corrected chi connectivity index (χ0v) is 12.2. The van der Waals surface area contributed by atoms with Crippen LogP contribution in [0.2, 0.25) is 0 Å². The highest BCUT2D eigenvalue weighted by molar-refractivity contribution is 5.90. The van der Waals surface area contributed by atoms with Gasteiger partial charge in [0.1, 0.15) is 0 Å². The number of pyridine rings is 1. The number of nitriles is 1. The molecule has 0 fully saturated rings. The van der Waals surface area contributed by atoms with Gasteiger partial charge in [0, 0.05) is 31.1 Å². The molecule has 2 rings (SSSR count). The Kier molecular flexibility index (Phi) is 5.22. The van der Waals surface area contributed by atoms with Crippen molar-refractivity contribution < 1.29 is 4.79 Å². The number of nitrogens with zero attached hydrogens (tertiary/aromatic N) is 2. The molecule has 0 aliphatic rings. The van der Waals surface area contributed by atoms with E-state index in [1.807, 2.05) is 48.6 Å². The summed E-state index contributed by atoms with van der Waals surface area (Å²) >= 11 is 0. The molecule has 1 heterocycles. The molecule has 22 heavy (non-hydrogen) atoms. The van der Waals surface area contributed by atoms with Crippen molar-refractivity contribution in [2.45, 2.75) is 6.92 Å². The first-order chi connectivity index (χ1) is 10.7. The molecule has 2 aromatic rings. The normalized spacial score (nSPS) is 10.7. The van der Waals surface area contributed by atoms with Crippen LogP contribution in [-0.4, -0.2) is 10.9 Å². The second-order valence-corrected chi connectivity index (χ2v) is 4.60. The van der Waals surface area contributed by atoms with Crippen molar-refractivity contribution in [1.29, 1.82) is 5.26 Å². The SMILES string of the molecule is CC(=O)Nc1ccc(/C=C/C#N)c(/C=C/c2ccncc2)c1. The number of benzene rings is 1. The number of hydrogen-bond acceptors (Lipinski definition) is 3. The van der Waals surface area contributed by atoms with Crippen molar-refractivity contribution in [2.24, 2.45) is 0 Å². The third-order valence-corrected chi connectivity index (χ3v) is 2.91. The summed E-state index contributed by atoms with van der Waals surface area (Å²) < 4.78 is 0. The molecule has 108 valence electrons. The highest BCUT2D eigenvalue weighted by Crippen LogP contribution is 2.20. The van der Waals surface area contributed by atoms with Gasteiger partial charge in [-0.05, 0) is 47.0 Å². The maximum atomic E-state index is 11.2. The maximum absolute atomic E-state index is 11.2. The zero-order chi connectivity index (χ0) is 15.8. The first-order valence-electron chi connectivity index (χ1n) is 6.75. The van der Waals surface area contributed by atoms with Gasteiger partial charge in [-0.25, -0.2) is 0 Å². The van der Waals surface area contributed by atoms with Crippen molar-refractivity contribution in [3.05, 3.63) is 65.5 Å². The minimum absolute atomic E-state index is 0.121. The van der Waals surface area contributed by atoms with Gasteiger partial charge in [-0.2, -0.15) is 5.26 Å². The second kappa shape index (κ2) is 7.55. The summed E-state index contributed by atoms with van der Waals surface area (Å²) in [6.45, 7) is 1.47. The summed E-state index contributed by atoms with van der Waals surface area (Å²) in [5.41, 5.74) is 3.56. The van der Waals surface area contributed by atoms with Crippen LogP contribution in [0.25, 0.3) is 18.2 Å². The predicted molar refractivity (Wildman–Crippen MR) is 88.6 cm³/mol. The molecule has 4 heteroatoms. The van der Waals surface area contributed by atoms with Crippen LogP contribution in [0.4, 0.5) is 5.69 Å². The third-order valence-electron chi connectivity index (χ3n) is 2.91. The van der Waals surface area contributed by atoms with E-state index in [2.05, 4.69) is 10.3 Å². The van der Waals surface area contributed by atoms with Crippen molar-refractivity contribution >= 4 is 29.8 Å². The van der Waals surface area contributed by atoms with E-state index in [-0.39, 0.29) is 5.91 Å². The van der Waals surface area contributed by atoms with Gasteiger partial charge in [0.25, 0.3) is 0 Å². The van der Waals surface area contributed by atoms with Crippen LogP contribution in [0.15, 0.2) is 48.8 Å². The van der Waals surface area contributed by atoms with Gasteiger partial charge in [0.15, 0.2) is 0 Å². The second-order valence-electron chi connectivity index (χ2n) is 4.60. The van der Waals surface area contributed by atoms with Gasteiger partial charge >= 0.3 is 0 Å². The molecule has 0 unspecified atom stereocenters. The number of nitrogens with one attached hydrogen (secondary N) is 1. The fraction of sp³-hybridized carbons (Fsp3) is 0.0556. The number of allylic oxidation sites excluding steroid dienone is 1. The van der Waals surface area contributed by atoms with Crippen LogP contribution < -0.4 is 5.32 Å². The number of aromatic nitrogens is 1. The lowest BCUT2D eigenvalue weighted by Crippen LogP contribution is -2.05. The Bertz CT molecular complexity index is 756. The molecular weight excluding hydrogens is 274 g/mol. The Morgan fingerprint density at radius 3 is 2.59 bits per heavy atom. The number of anilines is 1. The Balaban J connectivity index is 2.36. The van der Waals surface area contributed by atoms with Crippen LogP contribution >= 0.6 is 0 Å². The van der Waals surface area contributed by atoms with E-state index >= 15 is 0 Å². The molecule has 1 aromatic carbocycles. The summed E-state index contributed by atoms with van der Waals surface area (Å²) in [5, 5.41) is 11.4. The minimum atomic E-state index is -0.121. The average molecular weight is 289 g/mol. The molecule has 0 saturated carbocycles. The Morgan fingerprint density at radius 1 is 1.14 bits per heavy atom. The van der Waals surface area contributed by atoms with Gasteiger partial charge < -0.3 is 5.32 Å². The van der Waals surface area contributed by atoms with Crippen LogP contribution in [0.5, 0.6) is 0 Å². The number of amides is 1. The fourth-order valence-corrected chi connectivity index (χ4v) is 1.94. The number of hydrogen-bond donors (Lipinski definition) is 1. The van der Waals surface area contributed by atoms with Gasteiger partial charge in [-0.15, -0.1) is 0 Å². The molecule has 0 aliphatic carbocycles. The van der Waals surface area contributed by atoms with Gasteiger partial charge in [0.2, 0.25) is 5.91 Å². The largest absolute Gasteiger partial charge is 0.326 e. The van der Waals surface area contributed by atoms with Gasteiger partial charge in [0.05, 0.1) is 6.07 Å². The summed E-state index contributed by atoms with van der Waals surface area (Å²) in [5.74, 6) is -0.121. The van der Waals surface area contributed by atoms with E-state index in [9.17, 15) is 4.79 Å². The maximum Gasteiger partial charge on any atom is 0.221 e. The monoisotopic (exact) mass is 289 g/mol. The summed E-state index contributed by atoms with van der Waals surface area (Å²) in [7, 11) is 0. The summed E-state index contributed by atoms with van der Waals surface area (Å²) in [6.07, 6.45) is 10.5. The molecule has 4 nitrogen and oxygen atoms in total. The lowest BCUT2D eigenvalue weighted by molar-refractivity contribution is -0.114. The van der Waals surface area contributed by atoms with E-state index < -0.39 is 0 Å². The first-order valence-corrected chi connectivity index (χ1v) is 6.75. The van der Waals surface area contributed by atoms with E-state index in [1.54, 1.807) is 18.5 Å². The van der Waals surface area contributed by atoms with Gasteiger partial charge in [-0.3, -0.25) is 9.78 Å². The van der Waals surface area contributed by atoms with Crippen molar-refractivity contribution in [1.82, 2.24) is 4.98 Å². The van der Waals surface area contributed by atoms with E-state index in [0.717, 1.165) is 22.4 Å². The Hall–Kier alpha value is -3.19. The molecule has 0 radical (unpaired) electrons. The number of rotatable bonds is 4. The lowest BCUT2D eigenvalue weighted by atomic mass is 10.0. The highest BCUT2D eigenvalue weighted by Gasteiger charge is 2.01. The standard InChI is InChI=1S/C18H15N3O/c1-14(22)21-18-7-6-16(3-2-10-19)17(13-18)5-4-15-8-11-20-12-9-15/h2-9,11-13H,1H3,(H,21,22)/b3-2+,5-4+. The molecule has 0 bridgehead atoms. The molecule has 1 amide bonds. The predicted octanol–water partition coefficient (Wildman–Crippen LogP) is 3.75. The lowest BCUT2D eigenvalue weighted by Gasteiger charge is -2.06. The third kappa shape index (κ3) is 4.43.